The van der Waals surface area contributed by atoms with E-state index in [1.165, 1.54) is 9.58 Å². The standard InChI is InChI=1S/C18H24N6O4/c1-9-6-14(24(22-9)18-19-13(5)12(4)15(25)21-18)20-16(26)17(27)23-7-10(2)28-11(3)8-23/h6,10-11H,7-8H2,1-5H3,(H,20,26)(H,19,21,25)/t10-,11-/m1/s1. The molecule has 3 rings (SSSR count). The number of H-pyrrole nitrogens is 1. The lowest BCUT2D eigenvalue weighted by molar-refractivity contribution is -0.151. The Hall–Kier alpha value is -3.01. The van der Waals surface area contributed by atoms with Crippen LogP contribution in [0.4, 0.5) is 5.82 Å². The summed E-state index contributed by atoms with van der Waals surface area (Å²) >= 11 is 0. The van der Waals surface area contributed by atoms with Gasteiger partial charge in [-0.1, -0.05) is 0 Å². The topological polar surface area (TPSA) is 122 Å². The Kier molecular flexibility index (Phi) is 5.32. The zero-order chi connectivity index (χ0) is 20.6. The third-order valence-corrected chi connectivity index (χ3v) is 4.56. The van der Waals surface area contributed by atoms with Crippen LogP contribution < -0.4 is 10.9 Å². The molecule has 0 aliphatic carbocycles. The third kappa shape index (κ3) is 3.96. The van der Waals surface area contributed by atoms with Crippen molar-refractivity contribution in [3.05, 3.63) is 33.4 Å². The molecule has 0 aromatic carbocycles. The summed E-state index contributed by atoms with van der Waals surface area (Å²) in [4.78, 5) is 45.6. The molecule has 2 atom stereocenters. The lowest BCUT2D eigenvalue weighted by atomic mass is 10.2. The number of ether oxygens (including phenoxy) is 1. The zero-order valence-electron chi connectivity index (χ0n) is 16.6. The van der Waals surface area contributed by atoms with Crippen LogP contribution in [0.3, 0.4) is 0 Å². The molecule has 2 aromatic heterocycles. The number of anilines is 1. The molecule has 0 unspecified atom stereocenters. The molecule has 1 fully saturated rings. The van der Waals surface area contributed by atoms with E-state index in [1.807, 2.05) is 13.8 Å². The van der Waals surface area contributed by atoms with Gasteiger partial charge >= 0.3 is 11.8 Å². The van der Waals surface area contributed by atoms with Crippen LogP contribution in [0.25, 0.3) is 5.95 Å². The molecule has 0 saturated carbocycles. The molecule has 1 saturated heterocycles. The van der Waals surface area contributed by atoms with Gasteiger partial charge in [0.05, 0.1) is 17.9 Å². The van der Waals surface area contributed by atoms with Crippen LogP contribution in [0.1, 0.15) is 30.8 Å². The molecule has 28 heavy (non-hydrogen) atoms. The average molecular weight is 388 g/mol. The zero-order valence-corrected chi connectivity index (χ0v) is 16.6. The lowest BCUT2D eigenvalue weighted by Crippen LogP contribution is -2.51. The Morgan fingerprint density at radius 2 is 1.86 bits per heavy atom. The van der Waals surface area contributed by atoms with Crippen molar-refractivity contribution in [2.75, 3.05) is 18.4 Å². The van der Waals surface area contributed by atoms with E-state index in [1.54, 1.807) is 26.8 Å². The normalized spacial score (nSPS) is 19.5. The number of rotatable bonds is 2. The van der Waals surface area contributed by atoms with Crippen molar-refractivity contribution in [2.45, 2.75) is 46.8 Å². The predicted octanol–water partition coefficient (Wildman–Crippen LogP) is 0.455. The van der Waals surface area contributed by atoms with Gasteiger partial charge in [0.25, 0.3) is 5.56 Å². The van der Waals surface area contributed by atoms with Gasteiger partial charge in [-0.25, -0.2) is 4.98 Å². The summed E-state index contributed by atoms with van der Waals surface area (Å²) in [7, 11) is 0. The highest BCUT2D eigenvalue weighted by atomic mass is 16.5. The molecule has 0 bridgehead atoms. The number of amides is 2. The molecule has 2 N–H and O–H groups in total. The number of carbonyl (C=O) groups is 2. The first-order valence-electron chi connectivity index (χ1n) is 9.06. The van der Waals surface area contributed by atoms with Gasteiger partial charge in [-0.2, -0.15) is 9.78 Å². The van der Waals surface area contributed by atoms with E-state index in [9.17, 15) is 14.4 Å². The van der Waals surface area contributed by atoms with E-state index in [2.05, 4.69) is 20.4 Å². The van der Waals surface area contributed by atoms with Gasteiger partial charge in [0.1, 0.15) is 5.82 Å². The van der Waals surface area contributed by atoms with Gasteiger partial charge in [-0.05, 0) is 34.6 Å². The number of nitrogens with zero attached hydrogens (tertiary/aromatic N) is 4. The van der Waals surface area contributed by atoms with Crippen molar-refractivity contribution in [1.29, 1.82) is 0 Å². The number of aromatic amines is 1. The van der Waals surface area contributed by atoms with E-state index in [0.29, 0.717) is 30.0 Å². The van der Waals surface area contributed by atoms with E-state index in [0.717, 1.165) is 0 Å². The Morgan fingerprint density at radius 3 is 2.46 bits per heavy atom. The Balaban J connectivity index is 1.84. The smallest absolute Gasteiger partial charge is 0.315 e. The maximum atomic E-state index is 12.6. The second kappa shape index (κ2) is 7.55. The van der Waals surface area contributed by atoms with Gasteiger partial charge in [0.15, 0.2) is 0 Å². The average Bonchev–Trinajstić information content (AvgIpc) is 2.97. The minimum absolute atomic E-state index is 0.141. The fraction of sp³-hybridized carbons (Fsp3) is 0.500. The summed E-state index contributed by atoms with van der Waals surface area (Å²) in [6.45, 7) is 9.53. The fourth-order valence-electron chi connectivity index (χ4n) is 3.14. The maximum Gasteiger partial charge on any atom is 0.315 e. The summed E-state index contributed by atoms with van der Waals surface area (Å²) in [5.41, 5.74) is 1.36. The van der Waals surface area contributed by atoms with Crippen LogP contribution in [0.5, 0.6) is 0 Å². The lowest BCUT2D eigenvalue weighted by Gasteiger charge is -2.34. The molecule has 10 heteroatoms. The number of nitrogens with one attached hydrogen (secondary N) is 2. The van der Waals surface area contributed by atoms with Crippen molar-refractivity contribution in [2.24, 2.45) is 0 Å². The molecule has 3 heterocycles. The first-order valence-corrected chi connectivity index (χ1v) is 9.06. The van der Waals surface area contributed by atoms with E-state index in [4.69, 9.17) is 4.74 Å². The molecule has 2 aromatic rings. The monoisotopic (exact) mass is 388 g/mol. The summed E-state index contributed by atoms with van der Waals surface area (Å²) < 4.78 is 6.90. The van der Waals surface area contributed by atoms with Gasteiger partial charge < -0.3 is 15.0 Å². The van der Waals surface area contributed by atoms with Crippen molar-refractivity contribution in [1.82, 2.24) is 24.6 Å². The van der Waals surface area contributed by atoms with E-state index in [-0.39, 0.29) is 29.5 Å². The molecule has 0 radical (unpaired) electrons. The molecule has 1 aliphatic heterocycles. The molecule has 1 aliphatic rings. The number of aromatic nitrogens is 4. The Labute approximate surface area is 161 Å². The van der Waals surface area contributed by atoms with Gasteiger partial charge in [0.2, 0.25) is 5.95 Å². The highest BCUT2D eigenvalue weighted by molar-refractivity contribution is 6.39. The maximum absolute atomic E-state index is 12.6. The first kappa shape index (κ1) is 19.7. The number of hydrogen-bond donors (Lipinski definition) is 2. The van der Waals surface area contributed by atoms with Crippen molar-refractivity contribution in [3.8, 4) is 5.95 Å². The fourth-order valence-corrected chi connectivity index (χ4v) is 3.14. The van der Waals surface area contributed by atoms with Crippen LogP contribution in [0, 0.1) is 20.8 Å². The number of morpholine rings is 1. The summed E-state index contributed by atoms with van der Waals surface area (Å²) in [6, 6.07) is 1.60. The molecule has 10 nitrogen and oxygen atoms in total. The van der Waals surface area contributed by atoms with E-state index >= 15 is 0 Å². The Bertz CT molecular complexity index is 969. The summed E-state index contributed by atoms with van der Waals surface area (Å²) in [6.07, 6.45) is -0.281. The Morgan fingerprint density at radius 1 is 1.21 bits per heavy atom. The number of carbonyl (C=O) groups excluding carboxylic acids is 2. The SMILES string of the molecule is Cc1cc(NC(=O)C(=O)N2C[C@@H](C)O[C@H](C)C2)n(-c2nc(C)c(C)c(=O)[nH]2)n1. The van der Waals surface area contributed by atoms with Crippen LogP contribution >= 0.6 is 0 Å². The first-order chi connectivity index (χ1) is 13.2. The largest absolute Gasteiger partial charge is 0.372 e. The highest BCUT2D eigenvalue weighted by Gasteiger charge is 2.30. The van der Waals surface area contributed by atoms with Crippen LogP contribution in [-0.4, -0.2) is 61.8 Å². The van der Waals surface area contributed by atoms with Crippen molar-refractivity contribution >= 4 is 17.6 Å². The minimum Gasteiger partial charge on any atom is -0.372 e. The molecule has 2 amide bonds. The van der Waals surface area contributed by atoms with E-state index < -0.39 is 11.8 Å². The highest BCUT2D eigenvalue weighted by Crippen LogP contribution is 2.16. The molecular weight excluding hydrogens is 364 g/mol. The molecule has 0 spiro atoms. The molecular formula is C18H24N6O4. The van der Waals surface area contributed by atoms with Crippen LogP contribution in [-0.2, 0) is 14.3 Å². The van der Waals surface area contributed by atoms with Crippen molar-refractivity contribution in [3.63, 3.8) is 0 Å². The van der Waals surface area contributed by atoms with Crippen LogP contribution in [0.2, 0.25) is 0 Å². The second-order valence-corrected chi connectivity index (χ2v) is 7.10. The van der Waals surface area contributed by atoms with Crippen molar-refractivity contribution < 1.29 is 14.3 Å². The quantitative estimate of drug-likeness (QED) is 0.721. The van der Waals surface area contributed by atoms with Gasteiger partial charge in [0, 0.05) is 30.4 Å². The second-order valence-electron chi connectivity index (χ2n) is 7.10. The summed E-state index contributed by atoms with van der Waals surface area (Å²) in [5.74, 6) is -1.02. The third-order valence-electron chi connectivity index (χ3n) is 4.56. The molecule has 150 valence electrons. The van der Waals surface area contributed by atoms with Gasteiger partial charge in [-0.15, -0.1) is 0 Å². The predicted molar refractivity (Wildman–Crippen MR) is 101 cm³/mol. The van der Waals surface area contributed by atoms with Gasteiger partial charge in [-0.3, -0.25) is 19.4 Å². The number of hydrogen-bond acceptors (Lipinski definition) is 6. The summed E-state index contributed by atoms with van der Waals surface area (Å²) in [5, 5.41) is 6.84. The minimum atomic E-state index is -0.784. The van der Waals surface area contributed by atoms with Crippen LogP contribution in [0.15, 0.2) is 10.9 Å². The number of aryl methyl sites for hydroxylation is 2.